The molecule has 0 radical (unpaired) electrons. The Labute approximate surface area is 157 Å². The van der Waals surface area contributed by atoms with Crippen LogP contribution in [0.3, 0.4) is 0 Å². The first-order valence-corrected chi connectivity index (χ1v) is 9.76. The molecule has 0 bridgehead atoms. The van der Waals surface area contributed by atoms with Crippen LogP contribution in [0.5, 0.6) is 0 Å². The molecule has 0 aliphatic heterocycles. The topological polar surface area (TPSA) is 69.0 Å². The summed E-state index contributed by atoms with van der Waals surface area (Å²) in [5.41, 5.74) is -1.72. The van der Waals surface area contributed by atoms with E-state index in [2.05, 4.69) is 4.98 Å². The molecule has 0 atom stereocenters. The zero-order valence-electron chi connectivity index (χ0n) is 14.5. The fourth-order valence-corrected chi connectivity index (χ4v) is 3.87. The van der Waals surface area contributed by atoms with Crippen LogP contribution in [-0.2, 0) is 22.6 Å². The van der Waals surface area contributed by atoms with Crippen molar-refractivity contribution in [1.82, 2.24) is 9.55 Å². The van der Waals surface area contributed by atoms with Crippen LogP contribution in [0.2, 0.25) is 0 Å². The summed E-state index contributed by atoms with van der Waals surface area (Å²) >= 11 is 0. The number of hydrogen-bond acceptors (Lipinski definition) is 4. The molecule has 0 N–H and O–H groups in total. The van der Waals surface area contributed by atoms with Crippen LogP contribution >= 0.6 is 0 Å². The molecule has 0 saturated carbocycles. The second-order valence-electron chi connectivity index (χ2n) is 6.06. The smallest absolute Gasteiger partial charge is 0.294 e. The van der Waals surface area contributed by atoms with Gasteiger partial charge in [0.05, 0.1) is 40.0 Å². The van der Waals surface area contributed by atoms with E-state index in [0.717, 1.165) is 41.2 Å². The molecular weight excluding hydrogens is 400 g/mol. The highest BCUT2D eigenvalue weighted by atomic mass is 32.2. The first-order chi connectivity index (χ1) is 13.0. The second kappa shape index (κ2) is 7.01. The number of benzene rings is 2. The van der Waals surface area contributed by atoms with E-state index in [-0.39, 0.29) is 33.7 Å². The molecular formula is C18H14F4N2O3S. The van der Waals surface area contributed by atoms with E-state index in [4.69, 9.17) is 0 Å². The molecule has 148 valence electrons. The van der Waals surface area contributed by atoms with E-state index >= 15 is 0 Å². The molecule has 28 heavy (non-hydrogen) atoms. The molecule has 0 spiro atoms. The molecule has 5 nitrogen and oxygen atoms in total. The van der Waals surface area contributed by atoms with Gasteiger partial charge in [-0.05, 0) is 42.0 Å². The summed E-state index contributed by atoms with van der Waals surface area (Å²) in [7, 11) is -3.70. The lowest BCUT2D eigenvalue weighted by atomic mass is 10.1. The van der Waals surface area contributed by atoms with Crippen LogP contribution in [0.25, 0.3) is 10.9 Å². The minimum absolute atomic E-state index is 0.0112. The summed E-state index contributed by atoms with van der Waals surface area (Å²) in [5, 5.41) is -0.270. The average molecular weight is 414 g/mol. The third kappa shape index (κ3) is 3.77. The molecule has 3 aromatic rings. The van der Waals surface area contributed by atoms with Crippen molar-refractivity contribution in [2.45, 2.75) is 24.5 Å². The quantitative estimate of drug-likeness (QED) is 0.485. The normalized spacial score (nSPS) is 12.5. The molecule has 0 saturated heterocycles. The van der Waals surface area contributed by atoms with Crippen molar-refractivity contribution < 1.29 is 26.0 Å². The predicted octanol–water partition coefficient (Wildman–Crippen LogP) is 3.40. The van der Waals surface area contributed by atoms with E-state index in [0.29, 0.717) is 6.07 Å². The van der Waals surface area contributed by atoms with Gasteiger partial charge in [-0.1, -0.05) is 6.92 Å². The first kappa shape index (κ1) is 20.0. The Hall–Kier alpha value is -2.75. The lowest BCUT2D eigenvalue weighted by Crippen LogP contribution is -2.23. The van der Waals surface area contributed by atoms with Crippen molar-refractivity contribution in [3.63, 3.8) is 0 Å². The van der Waals surface area contributed by atoms with Crippen molar-refractivity contribution >= 4 is 20.7 Å². The van der Waals surface area contributed by atoms with Gasteiger partial charge >= 0.3 is 6.18 Å². The van der Waals surface area contributed by atoms with Crippen LogP contribution in [0.1, 0.15) is 18.1 Å². The number of hydrogen-bond donors (Lipinski definition) is 0. The molecule has 0 amide bonds. The van der Waals surface area contributed by atoms with Crippen LogP contribution in [-0.4, -0.2) is 23.7 Å². The molecule has 0 unspecified atom stereocenters. The summed E-state index contributed by atoms with van der Waals surface area (Å²) < 4.78 is 77.8. The SMILES string of the molecule is CCS(=O)(=O)c1ccc(F)cc1Cn1cnc2ccc(C(F)(F)F)cc2c1=O. The van der Waals surface area contributed by atoms with Crippen LogP contribution < -0.4 is 5.56 Å². The maximum atomic E-state index is 13.7. The van der Waals surface area contributed by atoms with Gasteiger partial charge in [-0.2, -0.15) is 13.2 Å². The molecule has 2 aromatic carbocycles. The minimum atomic E-state index is -4.63. The highest BCUT2D eigenvalue weighted by Gasteiger charge is 2.31. The predicted molar refractivity (Wildman–Crippen MR) is 94.2 cm³/mol. The van der Waals surface area contributed by atoms with Crippen molar-refractivity contribution in [2.75, 3.05) is 5.75 Å². The Morgan fingerprint density at radius 3 is 2.46 bits per heavy atom. The van der Waals surface area contributed by atoms with Crippen molar-refractivity contribution in [2.24, 2.45) is 0 Å². The summed E-state index contributed by atoms with van der Waals surface area (Å²) in [5.74, 6) is -0.933. The van der Waals surface area contributed by atoms with Crippen LogP contribution in [0.4, 0.5) is 17.6 Å². The number of halogens is 4. The highest BCUT2D eigenvalue weighted by Crippen LogP contribution is 2.30. The number of fused-ring (bicyclic) bond motifs is 1. The standard InChI is InChI=1S/C18H14F4N2O3S/c1-2-28(26,27)16-6-4-13(19)7-11(16)9-24-10-23-15-5-3-12(18(20,21)22)8-14(15)17(24)25/h3-8,10H,2,9H2,1H3. The van der Waals surface area contributed by atoms with E-state index in [9.17, 15) is 30.8 Å². The number of aromatic nitrogens is 2. The lowest BCUT2D eigenvalue weighted by molar-refractivity contribution is -0.137. The maximum Gasteiger partial charge on any atom is 0.416 e. The number of alkyl halides is 3. The highest BCUT2D eigenvalue weighted by molar-refractivity contribution is 7.91. The van der Waals surface area contributed by atoms with Gasteiger partial charge in [-0.15, -0.1) is 0 Å². The third-order valence-electron chi connectivity index (χ3n) is 4.23. The van der Waals surface area contributed by atoms with Crippen LogP contribution in [0.15, 0.2) is 52.4 Å². The second-order valence-corrected chi connectivity index (χ2v) is 8.31. The molecule has 0 aliphatic rings. The Kier molecular flexibility index (Phi) is 5.00. The average Bonchev–Trinajstić information content (AvgIpc) is 2.63. The van der Waals surface area contributed by atoms with Gasteiger partial charge in [0, 0.05) is 0 Å². The Balaban J connectivity index is 2.15. The van der Waals surface area contributed by atoms with E-state index in [1.54, 1.807) is 0 Å². The molecule has 1 aromatic heterocycles. The Morgan fingerprint density at radius 2 is 1.82 bits per heavy atom. The molecule has 10 heteroatoms. The zero-order chi connectivity index (χ0) is 20.7. The van der Waals surface area contributed by atoms with Crippen molar-refractivity contribution in [1.29, 1.82) is 0 Å². The molecule has 3 rings (SSSR count). The first-order valence-electron chi connectivity index (χ1n) is 8.10. The van der Waals surface area contributed by atoms with Gasteiger partial charge in [0.25, 0.3) is 5.56 Å². The number of nitrogens with zero attached hydrogens (tertiary/aromatic N) is 2. The largest absolute Gasteiger partial charge is 0.416 e. The summed E-state index contributed by atoms with van der Waals surface area (Å²) in [4.78, 5) is 16.4. The fourth-order valence-electron chi connectivity index (χ4n) is 2.76. The lowest BCUT2D eigenvalue weighted by Gasteiger charge is -2.12. The third-order valence-corrected chi connectivity index (χ3v) is 6.06. The zero-order valence-corrected chi connectivity index (χ0v) is 15.3. The van der Waals surface area contributed by atoms with Gasteiger partial charge in [0.1, 0.15) is 5.82 Å². The monoisotopic (exact) mass is 414 g/mol. The Morgan fingerprint density at radius 1 is 1.11 bits per heavy atom. The minimum Gasteiger partial charge on any atom is -0.294 e. The molecule has 0 fully saturated rings. The van der Waals surface area contributed by atoms with E-state index < -0.39 is 33.0 Å². The maximum absolute atomic E-state index is 13.7. The van der Waals surface area contributed by atoms with Gasteiger partial charge in [0.15, 0.2) is 9.84 Å². The van der Waals surface area contributed by atoms with E-state index in [1.165, 1.54) is 6.92 Å². The summed E-state index contributed by atoms with van der Waals surface area (Å²) in [6, 6.07) is 5.66. The molecule has 0 aliphatic carbocycles. The fraction of sp³-hybridized carbons (Fsp3) is 0.222. The van der Waals surface area contributed by atoms with Crippen molar-refractivity contribution in [3.05, 3.63) is 70.0 Å². The molecule has 1 heterocycles. The van der Waals surface area contributed by atoms with Gasteiger partial charge in [-0.25, -0.2) is 17.8 Å². The van der Waals surface area contributed by atoms with Crippen molar-refractivity contribution in [3.8, 4) is 0 Å². The van der Waals surface area contributed by atoms with Gasteiger partial charge in [-0.3, -0.25) is 9.36 Å². The Bertz CT molecular complexity index is 1220. The number of sulfone groups is 1. The summed E-state index contributed by atoms with van der Waals surface area (Å²) in [6.07, 6.45) is -3.54. The van der Waals surface area contributed by atoms with E-state index in [1.807, 2.05) is 0 Å². The van der Waals surface area contributed by atoms with Gasteiger partial charge in [0.2, 0.25) is 0 Å². The van der Waals surface area contributed by atoms with Gasteiger partial charge < -0.3 is 0 Å². The number of rotatable bonds is 4. The van der Waals surface area contributed by atoms with Crippen LogP contribution in [0, 0.1) is 5.82 Å². The summed E-state index contributed by atoms with van der Waals surface area (Å²) in [6.45, 7) is 1.06.